The van der Waals surface area contributed by atoms with Gasteiger partial charge in [-0.05, 0) is 31.5 Å². The quantitative estimate of drug-likeness (QED) is 0.592. The maximum absolute atomic E-state index is 13.7. The van der Waals surface area contributed by atoms with Crippen molar-refractivity contribution in [3.05, 3.63) is 82.7 Å². The van der Waals surface area contributed by atoms with Crippen LogP contribution >= 0.6 is 11.6 Å². The molecule has 0 atom stereocenters. The van der Waals surface area contributed by atoms with Crippen molar-refractivity contribution in [1.29, 1.82) is 0 Å². The highest BCUT2D eigenvalue weighted by atomic mass is 35.5. The highest BCUT2D eigenvalue weighted by Gasteiger charge is 2.32. The summed E-state index contributed by atoms with van der Waals surface area (Å²) in [6.07, 6.45) is 4.77. The van der Waals surface area contributed by atoms with Crippen molar-refractivity contribution in [2.24, 2.45) is 0 Å². The smallest absolute Gasteiger partial charge is 0.261 e. The number of aryl methyl sites for hydroxylation is 1. The minimum absolute atomic E-state index is 0.266. The van der Waals surface area contributed by atoms with Crippen LogP contribution in [0.1, 0.15) is 12.5 Å². The molecule has 2 amide bonds. The molecule has 0 aromatic heterocycles. The van der Waals surface area contributed by atoms with Crippen LogP contribution in [0.2, 0.25) is 5.02 Å². The average Bonchev–Trinajstić information content (AvgIpc) is 2.97. The summed E-state index contributed by atoms with van der Waals surface area (Å²) in [5.74, 6) is 0.0779. The van der Waals surface area contributed by atoms with E-state index in [1.54, 1.807) is 25.1 Å². The molecule has 0 fully saturated rings. The maximum atomic E-state index is 13.7. The highest BCUT2D eigenvalue weighted by Crippen LogP contribution is 2.44. The lowest BCUT2D eigenvalue weighted by atomic mass is 9.99. The average molecular weight is 456 g/mol. The van der Waals surface area contributed by atoms with Gasteiger partial charge in [-0.15, -0.1) is 0 Å². The Balaban J connectivity index is 0.000000195. The van der Waals surface area contributed by atoms with Crippen molar-refractivity contribution >= 4 is 23.4 Å². The second-order valence-electron chi connectivity index (χ2n) is 7.11. The largest absolute Gasteiger partial charge is 0.486 e. The van der Waals surface area contributed by atoms with Gasteiger partial charge >= 0.3 is 0 Å². The summed E-state index contributed by atoms with van der Waals surface area (Å²) < 4.78 is 24.8. The molecule has 0 saturated carbocycles. The van der Waals surface area contributed by atoms with Gasteiger partial charge in [0, 0.05) is 29.3 Å². The Morgan fingerprint density at radius 3 is 2.47 bits per heavy atom. The summed E-state index contributed by atoms with van der Waals surface area (Å²) in [4.78, 5) is 23.9. The normalized spacial score (nSPS) is 15.2. The number of carbonyl (C=O) groups is 2. The second-order valence-corrected chi connectivity index (χ2v) is 7.52. The lowest BCUT2D eigenvalue weighted by molar-refractivity contribution is -0.135. The zero-order chi connectivity index (χ0) is 23.4. The number of hydrogen-bond donors (Lipinski definition) is 0. The molecule has 0 unspecified atom stereocenters. The zero-order valence-corrected chi connectivity index (χ0v) is 18.8. The molecule has 0 saturated heterocycles. The van der Waals surface area contributed by atoms with Gasteiger partial charge in [0.2, 0.25) is 0 Å². The number of likely N-dealkylation sites (N-methyl/N-ethyl adjacent to an activating group) is 1. The third kappa shape index (κ3) is 4.46. The fourth-order valence-corrected chi connectivity index (χ4v) is 3.81. The van der Waals surface area contributed by atoms with Crippen molar-refractivity contribution in [1.82, 2.24) is 4.90 Å². The van der Waals surface area contributed by atoms with E-state index in [0.29, 0.717) is 46.4 Å². The Morgan fingerprint density at radius 2 is 1.81 bits per heavy atom. The molecule has 2 aliphatic rings. The number of rotatable bonds is 3. The summed E-state index contributed by atoms with van der Waals surface area (Å²) >= 11 is 6.24. The van der Waals surface area contributed by atoms with E-state index >= 15 is 0 Å². The first-order chi connectivity index (χ1) is 15.3. The number of fused-ring (bicyclic) bond motifs is 1. The number of allylic oxidation sites excluding steroid dienone is 1. The molecule has 0 N–H and O–H groups in total. The lowest BCUT2D eigenvalue weighted by Crippen LogP contribution is -2.26. The number of amides is 2. The molecule has 2 aromatic rings. The van der Waals surface area contributed by atoms with Crippen LogP contribution in [-0.2, 0) is 9.59 Å². The van der Waals surface area contributed by atoms with E-state index in [4.69, 9.17) is 21.1 Å². The molecular weight excluding hydrogens is 433 g/mol. The standard InChI is InChI=1S/C15H12ClFO2.C10H11NO2/c1-9-3-2-4-12(16)14(9)11-7-10(17)8-13-15(11)19-6-5-18-13;1-4-6-8-7(5-2)9(12)11(3)10(8)13/h2-4,7-8H,5-6H2,1H3;4-6H,2H2,1,3H3/b;6-4-. The molecule has 2 aromatic carbocycles. The molecular formula is C25H23ClFNO4. The van der Waals surface area contributed by atoms with E-state index < -0.39 is 0 Å². The second kappa shape index (κ2) is 9.83. The number of ether oxygens (including phenoxy) is 2. The van der Waals surface area contributed by atoms with Gasteiger partial charge in [-0.25, -0.2) is 4.39 Å². The third-order valence-electron chi connectivity index (χ3n) is 5.00. The monoisotopic (exact) mass is 455 g/mol. The first kappa shape index (κ1) is 23.3. The lowest BCUT2D eigenvalue weighted by Gasteiger charge is -2.22. The molecule has 32 heavy (non-hydrogen) atoms. The van der Waals surface area contributed by atoms with Gasteiger partial charge in [-0.3, -0.25) is 14.5 Å². The van der Waals surface area contributed by atoms with Gasteiger partial charge < -0.3 is 9.47 Å². The molecule has 0 aliphatic carbocycles. The van der Waals surface area contributed by atoms with Crippen LogP contribution in [-0.4, -0.2) is 37.0 Å². The molecule has 2 aliphatic heterocycles. The fraction of sp³-hybridized carbons (Fsp3) is 0.200. The zero-order valence-electron chi connectivity index (χ0n) is 18.1. The first-order valence-corrected chi connectivity index (χ1v) is 10.3. The van der Waals surface area contributed by atoms with Gasteiger partial charge in [-0.1, -0.05) is 48.5 Å². The van der Waals surface area contributed by atoms with E-state index in [1.807, 2.05) is 19.1 Å². The van der Waals surface area contributed by atoms with E-state index in [-0.39, 0.29) is 17.6 Å². The van der Waals surface area contributed by atoms with Gasteiger partial charge in [0.15, 0.2) is 11.5 Å². The van der Waals surface area contributed by atoms with Crippen LogP contribution in [0, 0.1) is 12.7 Å². The molecule has 166 valence electrons. The Kier molecular flexibility index (Phi) is 7.15. The van der Waals surface area contributed by atoms with Crippen LogP contribution in [0.25, 0.3) is 11.1 Å². The SMILES string of the molecule is C=CC1=C(/C=C\C)C(=O)N(C)C1=O.Cc1cccc(Cl)c1-c1cc(F)cc2c1OCCO2. The van der Waals surface area contributed by atoms with Crippen LogP contribution < -0.4 is 9.47 Å². The minimum Gasteiger partial charge on any atom is -0.486 e. The minimum atomic E-state index is -0.362. The predicted octanol–water partition coefficient (Wildman–Crippen LogP) is 5.27. The Hall–Kier alpha value is -3.38. The number of nitrogens with zero attached hydrogens (tertiary/aromatic N) is 1. The van der Waals surface area contributed by atoms with Crippen molar-refractivity contribution in [3.63, 3.8) is 0 Å². The van der Waals surface area contributed by atoms with Crippen LogP contribution in [0.4, 0.5) is 4.39 Å². The number of hydrogen-bond acceptors (Lipinski definition) is 4. The molecule has 0 radical (unpaired) electrons. The van der Waals surface area contributed by atoms with Crippen molar-refractivity contribution in [2.45, 2.75) is 13.8 Å². The first-order valence-electron chi connectivity index (χ1n) is 9.96. The molecule has 2 heterocycles. The molecule has 0 bridgehead atoms. The van der Waals surface area contributed by atoms with Gasteiger partial charge in [0.1, 0.15) is 19.0 Å². The van der Waals surface area contributed by atoms with Gasteiger partial charge in [0.05, 0.1) is 11.1 Å². The van der Waals surface area contributed by atoms with E-state index in [1.165, 1.54) is 25.3 Å². The van der Waals surface area contributed by atoms with Crippen molar-refractivity contribution in [2.75, 3.05) is 20.3 Å². The molecule has 0 spiro atoms. The summed E-state index contributed by atoms with van der Waals surface area (Å²) in [5.41, 5.74) is 3.19. The molecule has 4 rings (SSSR count). The van der Waals surface area contributed by atoms with Gasteiger partial charge in [0.25, 0.3) is 11.8 Å². The highest BCUT2D eigenvalue weighted by molar-refractivity contribution is 6.33. The third-order valence-corrected chi connectivity index (χ3v) is 5.31. The van der Waals surface area contributed by atoms with Gasteiger partial charge in [-0.2, -0.15) is 0 Å². The summed E-state index contributed by atoms with van der Waals surface area (Å²) in [7, 11) is 1.46. The van der Waals surface area contributed by atoms with Crippen LogP contribution in [0.5, 0.6) is 11.5 Å². The van der Waals surface area contributed by atoms with Crippen LogP contribution in [0.15, 0.2) is 66.3 Å². The maximum Gasteiger partial charge on any atom is 0.261 e. The topological polar surface area (TPSA) is 55.8 Å². The Labute approximate surface area is 191 Å². The Morgan fingerprint density at radius 1 is 1.12 bits per heavy atom. The number of halogens is 2. The van der Waals surface area contributed by atoms with E-state index in [2.05, 4.69) is 6.58 Å². The number of benzene rings is 2. The summed E-state index contributed by atoms with van der Waals surface area (Å²) in [6, 6.07) is 8.35. The number of carbonyl (C=O) groups excluding carboxylic acids is 2. The van der Waals surface area contributed by atoms with E-state index in [9.17, 15) is 14.0 Å². The molecule has 7 heteroatoms. The van der Waals surface area contributed by atoms with Crippen molar-refractivity contribution < 1.29 is 23.5 Å². The van der Waals surface area contributed by atoms with E-state index in [0.717, 1.165) is 16.0 Å². The fourth-order valence-electron chi connectivity index (χ4n) is 3.49. The van der Waals surface area contributed by atoms with Crippen LogP contribution in [0.3, 0.4) is 0 Å². The predicted molar refractivity (Wildman–Crippen MR) is 122 cm³/mol. The molecule has 5 nitrogen and oxygen atoms in total. The van der Waals surface area contributed by atoms with Crippen molar-refractivity contribution in [3.8, 4) is 22.6 Å². The number of imide groups is 1. The Bertz CT molecular complexity index is 1130. The summed E-state index contributed by atoms with van der Waals surface area (Å²) in [6.45, 7) is 8.11. The summed E-state index contributed by atoms with van der Waals surface area (Å²) in [5, 5.41) is 0.571.